The van der Waals surface area contributed by atoms with Crippen LogP contribution in [0.25, 0.3) is 0 Å². The quantitative estimate of drug-likeness (QED) is 0.761. The summed E-state index contributed by atoms with van der Waals surface area (Å²) in [7, 11) is 0. The van der Waals surface area contributed by atoms with Crippen LogP contribution in [-0.2, 0) is 5.72 Å². The minimum Gasteiger partial charge on any atom is -0.365 e. The molecule has 2 aromatic rings. The SMILES string of the molecule is NC(O)(c1ccc(F)cn1)c1ccc(F)cn1. The Bertz CT molecular complexity index is 464. The van der Waals surface area contributed by atoms with Crippen LogP contribution in [0.1, 0.15) is 11.4 Å². The van der Waals surface area contributed by atoms with Gasteiger partial charge in [0.25, 0.3) is 0 Å². The van der Waals surface area contributed by atoms with Gasteiger partial charge in [0.1, 0.15) is 11.6 Å². The normalized spacial score (nSPS) is 11.5. The summed E-state index contributed by atoms with van der Waals surface area (Å²) < 4.78 is 25.4. The molecule has 0 radical (unpaired) electrons. The molecule has 0 aliphatic carbocycles. The van der Waals surface area contributed by atoms with E-state index in [1.54, 1.807) is 0 Å². The summed E-state index contributed by atoms with van der Waals surface area (Å²) in [5.41, 5.74) is 3.71. The van der Waals surface area contributed by atoms with Crippen molar-refractivity contribution in [2.75, 3.05) is 0 Å². The van der Waals surface area contributed by atoms with Gasteiger partial charge in [-0.3, -0.25) is 15.7 Å². The molecule has 0 aromatic carbocycles. The minimum absolute atomic E-state index is 0.0259. The molecule has 3 N–H and O–H groups in total. The van der Waals surface area contributed by atoms with Gasteiger partial charge in [-0.25, -0.2) is 8.78 Å². The molecule has 2 aromatic heterocycles. The molecule has 0 bridgehead atoms. The van der Waals surface area contributed by atoms with E-state index in [1.807, 2.05) is 0 Å². The fraction of sp³-hybridized carbons (Fsp3) is 0.0909. The van der Waals surface area contributed by atoms with Gasteiger partial charge in [-0.15, -0.1) is 0 Å². The maximum Gasteiger partial charge on any atom is 0.200 e. The van der Waals surface area contributed by atoms with Gasteiger partial charge in [-0.05, 0) is 24.3 Å². The van der Waals surface area contributed by atoms with E-state index in [1.165, 1.54) is 12.1 Å². The fourth-order valence-corrected chi connectivity index (χ4v) is 1.33. The van der Waals surface area contributed by atoms with Crippen molar-refractivity contribution in [1.29, 1.82) is 0 Å². The lowest BCUT2D eigenvalue weighted by Gasteiger charge is -2.21. The Kier molecular flexibility index (Phi) is 2.83. The molecule has 2 heterocycles. The van der Waals surface area contributed by atoms with Crippen molar-refractivity contribution < 1.29 is 13.9 Å². The Morgan fingerprint density at radius 3 is 1.65 bits per heavy atom. The lowest BCUT2D eigenvalue weighted by molar-refractivity contribution is 0.0787. The molecular formula is C11H9F2N3O. The van der Waals surface area contributed by atoms with Gasteiger partial charge in [0, 0.05) is 0 Å². The summed E-state index contributed by atoms with van der Waals surface area (Å²) in [5.74, 6) is -1.09. The van der Waals surface area contributed by atoms with Crippen LogP contribution >= 0.6 is 0 Å². The molecule has 88 valence electrons. The zero-order valence-electron chi connectivity index (χ0n) is 8.64. The highest BCUT2D eigenvalue weighted by atomic mass is 19.1. The lowest BCUT2D eigenvalue weighted by atomic mass is 10.1. The molecule has 0 unspecified atom stereocenters. The Balaban J connectivity index is 2.41. The number of pyridine rings is 2. The summed E-state index contributed by atoms with van der Waals surface area (Å²) in [5, 5.41) is 10.0. The molecule has 2 rings (SSSR count). The monoisotopic (exact) mass is 237 g/mol. The van der Waals surface area contributed by atoms with Crippen LogP contribution < -0.4 is 5.73 Å². The summed E-state index contributed by atoms with van der Waals surface area (Å²) in [6, 6.07) is 4.70. The van der Waals surface area contributed by atoms with E-state index in [0.29, 0.717) is 0 Å². The molecule has 0 atom stereocenters. The Morgan fingerprint density at radius 1 is 0.941 bits per heavy atom. The second-order valence-corrected chi connectivity index (χ2v) is 3.49. The fourth-order valence-electron chi connectivity index (χ4n) is 1.33. The predicted octanol–water partition coefficient (Wildman–Crippen LogP) is 0.907. The third-order valence-electron chi connectivity index (χ3n) is 2.24. The first-order valence-electron chi connectivity index (χ1n) is 4.75. The van der Waals surface area contributed by atoms with Gasteiger partial charge in [0.05, 0.1) is 23.8 Å². The average molecular weight is 237 g/mol. The van der Waals surface area contributed by atoms with Gasteiger partial charge in [0.2, 0.25) is 5.72 Å². The maximum absolute atomic E-state index is 12.7. The molecule has 0 aliphatic heterocycles. The van der Waals surface area contributed by atoms with Crippen LogP contribution in [-0.4, -0.2) is 15.1 Å². The molecule has 4 nitrogen and oxygen atoms in total. The van der Waals surface area contributed by atoms with Gasteiger partial charge >= 0.3 is 0 Å². The topological polar surface area (TPSA) is 72.0 Å². The van der Waals surface area contributed by atoms with Crippen LogP contribution in [0, 0.1) is 11.6 Å². The Morgan fingerprint density at radius 2 is 1.35 bits per heavy atom. The number of hydrogen-bond donors (Lipinski definition) is 2. The number of aromatic nitrogens is 2. The van der Waals surface area contributed by atoms with Gasteiger partial charge in [-0.1, -0.05) is 0 Å². The van der Waals surface area contributed by atoms with Gasteiger partial charge < -0.3 is 5.11 Å². The van der Waals surface area contributed by atoms with Gasteiger partial charge in [0.15, 0.2) is 0 Å². The predicted molar refractivity (Wildman–Crippen MR) is 55.6 cm³/mol. The zero-order valence-corrected chi connectivity index (χ0v) is 8.64. The van der Waals surface area contributed by atoms with Crippen molar-refractivity contribution in [3.63, 3.8) is 0 Å². The largest absolute Gasteiger partial charge is 0.365 e. The van der Waals surface area contributed by atoms with Crippen molar-refractivity contribution in [1.82, 2.24) is 9.97 Å². The average Bonchev–Trinajstić information content (AvgIpc) is 2.30. The third kappa shape index (κ3) is 2.27. The van der Waals surface area contributed by atoms with E-state index in [0.717, 1.165) is 24.5 Å². The highest BCUT2D eigenvalue weighted by molar-refractivity contribution is 5.25. The summed E-state index contributed by atoms with van der Waals surface area (Å²) in [6.07, 6.45) is 1.85. The highest BCUT2D eigenvalue weighted by Crippen LogP contribution is 2.20. The van der Waals surface area contributed by atoms with E-state index in [-0.39, 0.29) is 11.4 Å². The molecule has 0 saturated heterocycles. The van der Waals surface area contributed by atoms with Crippen molar-refractivity contribution in [3.05, 3.63) is 59.7 Å². The van der Waals surface area contributed by atoms with E-state index in [2.05, 4.69) is 9.97 Å². The standard InChI is InChI=1S/C11H9F2N3O/c12-7-1-3-9(15-5-7)11(14,17)10-4-2-8(13)6-16-10/h1-6,17H,14H2. The zero-order chi connectivity index (χ0) is 12.5. The first-order valence-corrected chi connectivity index (χ1v) is 4.75. The van der Waals surface area contributed by atoms with Crippen molar-refractivity contribution in [3.8, 4) is 0 Å². The van der Waals surface area contributed by atoms with E-state index in [9.17, 15) is 13.9 Å². The number of hydrogen-bond acceptors (Lipinski definition) is 4. The molecule has 0 spiro atoms. The molecule has 0 aliphatic rings. The van der Waals surface area contributed by atoms with Crippen molar-refractivity contribution in [2.24, 2.45) is 5.73 Å². The Hall–Kier alpha value is -1.92. The third-order valence-corrected chi connectivity index (χ3v) is 2.24. The number of halogens is 2. The smallest absolute Gasteiger partial charge is 0.200 e. The molecule has 0 saturated carbocycles. The number of nitrogens with two attached hydrogens (primary N) is 1. The minimum atomic E-state index is -1.98. The first kappa shape index (κ1) is 11.6. The molecule has 17 heavy (non-hydrogen) atoms. The van der Waals surface area contributed by atoms with Crippen LogP contribution in [0.2, 0.25) is 0 Å². The van der Waals surface area contributed by atoms with Crippen LogP contribution in [0.3, 0.4) is 0 Å². The maximum atomic E-state index is 12.7. The van der Waals surface area contributed by atoms with Gasteiger partial charge in [-0.2, -0.15) is 0 Å². The summed E-state index contributed by atoms with van der Waals surface area (Å²) in [4.78, 5) is 7.33. The highest BCUT2D eigenvalue weighted by Gasteiger charge is 2.29. The molecular weight excluding hydrogens is 228 g/mol. The molecule has 0 fully saturated rings. The number of rotatable bonds is 2. The second kappa shape index (κ2) is 4.15. The van der Waals surface area contributed by atoms with Crippen LogP contribution in [0.4, 0.5) is 8.78 Å². The van der Waals surface area contributed by atoms with Crippen molar-refractivity contribution >= 4 is 0 Å². The van der Waals surface area contributed by atoms with E-state index >= 15 is 0 Å². The van der Waals surface area contributed by atoms with E-state index in [4.69, 9.17) is 5.73 Å². The first-order chi connectivity index (χ1) is 8.00. The second-order valence-electron chi connectivity index (χ2n) is 3.49. The summed E-state index contributed by atoms with van der Waals surface area (Å²) in [6.45, 7) is 0. The molecule has 0 amide bonds. The molecule has 6 heteroatoms. The lowest BCUT2D eigenvalue weighted by Crippen LogP contribution is -2.39. The van der Waals surface area contributed by atoms with Crippen LogP contribution in [0.15, 0.2) is 36.7 Å². The number of aliphatic hydroxyl groups is 1. The Labute approximate surface area is 95.8 Å². The number of nitrogens with zero attached hydrogens (tertiary/aromatic N) is 2. The van der Waals surface area contributed by atoms with Crippen molar-refractivity contribution in [2.45, 2.75) is 5.72 Å². The van der Waals surface area contributed by atoms with Crippen LogP contribution in [0.5, 0.6) is 0 Å². The summed E-state index contributed by atoms with van der Waals surface area (Å²) >= 11 is 0. The van der Waals surface area contributed by atoms with E-state index < -0.39 is 17.4 Å².